The molecule has 1 aliphatic carbocycles. The van der Waals surface area contributed by atoms with Gasteiger partial charge in [0.05, 0.1) is 42.1 Å². The molecule has 3 fully saturated rings. The number of nitrogens with zero attached hydrogens (tertiary/aromatic N) is 5. The quantitative estimate of drug-likeness (QED) is 0.247. The van der Waals surface area contributed by atoms with E-state index >= 15 is 0 Å². The number of aromatic nitrogens is 3. The number of methoxy groups -OCH3 is 1. The van der Waals surface area contributed by atoms with Crippen molar-refractivity contribution in [1.82, 2.24) is 28.9 Å². The SMILES string of the molecule is COc1ccc2c(c1)C=C(c1c(C(=O)N3C4CCC3CN(C)C4)cnn1C)Cn1c-2c(C2CCCCC2)c2ccc(C(=O)NS(=O)(=O)C(C)C)cc21. The number of sulfonamides is 1. The summed E-state index contributed by atoms with van der Waals surface area (Å²) >= 11 is 0. The Kier molecular flexibility index (Phi) is 8.81. The van der Waals surface area contributed by atoms with Gasteiger partial charge < -0.3 is 19.1 Å². The number of carbonyl (C=O) groups excluding carboxylic acids is 2. The van der Waals surface area contributed by atoms with Crippen LogP contribution in [0.15, 0.2) is 42.6 Å². The number of likely N-dealkylation sites (N-methyl/N-ethyl adjacent to an activating group) is 1. The zero-order valence-electron chi connectivity index (χ0n) is 30.7. The predicted octanol–water partition coefficient (Wildman–Crippen LogP) is 6.04. The van der Waals surface area contributed by atoms with Crippen molar-refractivity contribution in [2.24, 2.45) is 7.05 Å². The Morgan fingerprint density at radius 3 is 2.37 bits per heavy atom. The lowest BCUT2D eigenvalue weighted by atomic mass is 9.81. The second kappa shape index (κ2) is 13.2. The molecular formula is C40H48N6O5S. The van der Waals surface area contributed by atoms with E-state index in [1.165, 1.54) is 12.0 Å². The van der Waals surface area contributed by atoms with Crippen molar-refractivity contribution in [3.63, 3.8) is 0 Å². The predicted molar refractivity (Wildman–Crippen MR) is 203 cm³/mol. The van der Waals surface area contributed by atoms with Gasteiger partial charge in [-0.1, -0.05) is 25.3 Å². The van der Waals surface area contributed by atoms with Crippen LogP contribution in [-0.4, -0.2) is 89.0 Å². The van der Waals surface area contributed by atoms with Crippen molar-refractivity contribution >= 4 is 44.4 Å². The number of benzene rings is 2. The molecule has 1 N–H and O–H groups in total. The van der Waals surface area contributed by atoms with Crippen molar-refractivity contribution in [1.29, 1.82) is 0 Å². The lowest BCUT2D eigenvalue weighted by molar-refractivity contribution is 0.0472. The van der Waals surface area contributed by atoms with Crippen LogP contribution in [0.4, 0.5) is 0 Å². The number of allylic oxidation sites excluding steroid dienone is 1. The van der Waals surface area contributed by atoms with E-state index in [0.717, 1.165) is 96.4 Å². The summed E-state index contributed by atoms with van der Waals surface area (Å²) in [6.07, 6.45) is 11.5. The van der Waals surface area contributed by atoms with Gasteiger partial charge in [0.15, 0.2) is 0 Å². The third-order valence-corrected chi connectivity index (χ3v) is 13.5. The second-order valence-electron chi connectivity index (χ2n) is 15.4. The van der Waals surface area contributed by atoms with Gasteiger partial charge in [-0.05, 0) is 106 Å². The van der Waals surface area contributed by atoms with E-state index in [4.69, 9.17) is 4.74 Å². The van der Waals surface area contributed by atoms with Crippen LogP contribution >= 0.6 is 0 Å². The van der Waals surface area contributed by atoms with Crippen molar-refractivity contribution in [3.8, 4) is 17.0 Å². The average Bonchev–Trinajstić information content (AvgIpc) is 3.71. The summed E-state index contributed by atoms with van der Waals surface area (Å²) in [6, 6.07) is 12.1. The van der Waals surface area contributed by atoms with Crippen molar-refractivity contribution in [3.05, 3.63) is 70.5 Å². The highest BCUT2D eigenvalue weighted by molar-refractivity contribution is 7.90. The van der Waals surface area contributed by atoms with Gasteiger partial charge in [-0.15, -0.1) is 0 Å². The molecule has 274 valence electrons. The van der Waals surface area contributed by atoms with Gasteiger partial charge in [0, 0.05) is 54.3 Å². The van der Waals surface area contributed by atoms with E-state index in [-0.39, 0.29) is 23.6 Å². The summed E-state index contributed by atoms with van der Waals surface area (Å²) < 4.78 is 37.5. The number of hydrogen-bond acceptors (Lipinski definition) is 7. The highest BCUT2D eigenvalue weighted by Crippen LogP contribution is 2.48. The maximum atomic E-state index is 14.5. The van der Waals surface area contributed by atoms with Gasteiger partial charge >= 0.3 is 0 Å². The number of amides is 2. The molecule has 12 heteroatoms. The molecule has 4 aliphatic rings. The number of ether oxygens (including phenoxy) is 1. The van der Waals surface area contributed by atoms with Crippen molar-refractivity contribution < 1.29 is 22.7 Å². The number of likely N-dealkylation sites (tertiary alicyclic amines) is 1. The van der Waals surface area contributed by atoms with Crippen molar-refractivity contribution in [2.75, 3.05) is 27.2 Å². The molecule has 3 aliphatic heterocycles. The summed E-state index contributed by atoms with van der Waals surface area (Å²) in [5.41, 5.74) is 7.78. The van der Waals surface area contributed by atoms with E-state index in [9.17, 15) is 18.0 Å². The van der Waals surface area contributed by atoms with Crippen molar-refractivity contribution in [2.45, 2.75) is 88.6 Å². The third-order valence-electron chi connectivity index (χ3n) is 11.8. The molecule has 0 spiro atoms. The number of piperazine rings is 1. The van der Waals surface area contributed by atoms with Crippen LogP contribution in [0.2, 0.25) is 0 Å². The number of rotatable bonds is 7. The Labute approximate surface area is 305 Å². The second-order valence-corrected chi connectivity index (χ2v) is 17.6. The highest BCUT2D eigenvalue weighted by atomic mass is 32.2. The lowest BCUT2D eigenvalue weighted by Gasteiger charge is -2.39. The van der Waals surface area contributed by atoms with Gasteiger partial charge in [0.2, 0.25) is 10.0 Å². The van der Waals surface area contributed by atoms with E-state index in [1.54, 1.807) is 33.2 Å². The molecule has 2 unspecified atom stereocenters. The number of nitrogens with one attached hydrogen (secondary N) is 1. The molecule has 1 saturated carbocycles. The molecule has 2 saturated heterocycles. The van der Waals surface area contributed by atoms with Crippen LogP contribution in [0.25, 0.3) is 33.8 Å². The van der Waals surface area contributed by atoms with Crippen LogP contribution < -0.4 is 9.46 Å². The number of hydrogen-bond donors (Lipinski definition) is 1. The first-order chi connectivity index (χ1) is 24.9. The number of carbonyl (C=O) groups is 2. The zero-order chi connectivity index (χ0) is 36.5. The first kappa shape index (κ1) is 34.7. The van der Waals surface area contributed by atoms with Gasteiger partial charge in [-0.2, -0.15) is 5.10 Å². The lowest BCUT2D eigenvalue weighted by Crippen LogP contribution is -2.54. The fourth-order valence-electron chi connectivity index (χ4n) is 9.19. The maximum Gasteiger partial charge on any atom is 0.264 e. The molecule has 2 aromatic carbocycles. The minimum atomic E-state index is -3.83. The van der Waals surface area contributed by atoms with Crippen LogP contribution in [0, 0.1) is 0 Å². The molecule has 2 bridgehead atoms. The van der Waals surface area contributed by atoms with Crippen LogP contribution in [0.3, 0.4) is 0 Å². The Morgan fingerprint density at radius 1 is 0.942 bits per heavy atom. The first-order valence-corrected chi connectivity index (χ1v) is 20.1. The van der Waals surface area contributed by atoms with E-state index < -0.39 is 21.2 Å². The van der Waals surface area contributed by atoms with E-state index in [2.05, 4.69) is 49.4 Å². The van der Waals surface area contributed by atoms with Gasteiger partial charge in [0.25, 0.3) is 11.8 Å². The smallest absolute Gasteiger partial charge is 0.264 e. The van der Waals surface area contributed by atoms with Crippen LogP contribution in [0.1, 0.15) is 102 Å². The van der Waals surface area contributed by atoms with E-state index in [1.807, 2.05) is 29.9 Å². The topological polar surface area (TPSA) is 119 Å². The maximum absolute atomic E-state index is 14.5. The standard InChI is InChI=1S/C40H48N6O5S/c1-24(2)52(49,50)42-39(47)26-11-15-33-35(19-26)45-21-28(37-34(20-41-44(37)4)40(48)46-29-12-13-30(46)23-43(3)22-29)17-27-18-31(51-5)14-16-32(27)38(45)36(33)25-9-7-6-8-10-25/h11,14-20,24-25,29-30H,6-10,12-13,21-23H2,1-5H3,(H,42,47). The van der Waals surface area contributed by atoms with Crippen LogP contribution in [-0.2, 0) is 23.6 Å². The largest absolute Gasteiger partial charge is 0.497 e. The van der Waals surface area contributed by atoms with E-state index in [0.29, 0.717) is 18.0 Å². The molecular weight excluding hydrogens is 677 g/mol. The molecule has 8 rings (SSSR count). The van der Waals surface area contributed by atoms with Gasteiger partial charge in [-0.25, -0.2) is 13.1 Å². The Bertz CT molecular complexity index is 2210. The highest BCUT2D eigenvalue weighted by Gasteiger charge is 2.43. The van der Waals surface area contributed by atoms with Gasteiger partial charge in [-0.3, -0.25) is 14.3 Å². The zero-order valence-corrected chi connectivity index (χ0v) is 31.5. The Morgan fingerprint density at radius 2 is 1.67 bits per heavy atom. The Hall–Kier alpha value is -4.42. The molecule has 4 aromatic rings. The fourth-order valence-corrected chi connectivity index (χ4v) is 9.80. The normalized spacial score (nSPS) is 20.8. The molecule has 11 nitrogen and oxygen atoms in total. The minimum Gasteiger partial charge on any atom is -0.497 e. The number of aryl methyl sites for hydroxylation is 1. The Balaban J connectivity index is 1.32. The molecule has 0 radical (unpaired) electrons. The summed E-state index contributed by atoms with van der Waals surface area (Å²) in [5, 5.41) is 4.98. The van der Waals surface area contributed by atoms with Crippen LogP contribution in [0.5, 0.6) is 5.75 Å². The first-order valence-electron chi connectivity index (χ1n) is 18.6. The molecule has 2 aromatic heterocycles. The number of fused-ring (bicyclic) bond motifs is 7. The fraction of sp³-hybridized carbons (Fsp3) is 0.475. The summed E-state index contributed by atoms with van der Waals surface area (Å²) in [6.45, 7) is 5.25. The monoisotopic (exact) mass is 724 g/mol. The summed E-state index contributed by atoms with van der Waals surface area (Å²) in [5.74, 6) is 0.428. The average molecular weight is 725 g/mol. The molecule has 2 atom stereocenters. The summed E-state index contributed by atoms with van der Waals surface area (Å²) in [4.78, 5) is 32.4. The molecule has 2 amide bonds. The molecule has 5 heterocycles. The van der Waals surface area contributed by atoms with Gasteiger partial charge in [0.1, 0.15) is 5.75 Å². The molecule has 52 heavy (non-hydrogen) atoms. The third kappa shape index (κ3) is 5.84. The minimum absolute atomic E-state index is 0.0190. The summed E-state index contributed by atoms with van der Waals surface area (Å²) in [7, 11) is 1.86.